The molecule has 0 spiro atoms. The number of aliphatic carboxylic acids is 1. The Morgan fingerprint density at radius 2 is 2.04 bits per heavy atom. The van der Waals surface area contributed by atoms with Crippen molar-refractivity contribution in [1.82, 2.24) is 14.7 Å². The molecule has 0 aliphatic heterocycles. The van der Waals surface area contributed by atoms with Crippen molar-refractivity contribution in [2.24, 2.45) is 0 Å². The van der Waals surface area contributed by atoms with Crippen LogP contribution in [-0.4, -0.2) is 44.8 Å². The van der Waals surface area contributed by atoms with E-state index in [-0.39, 0.29) is 11.5 Å². The minimum absolute atomic E-state index is 0.259. The van der Waals surface area contributed by atoms with Gasteiger partial charge in [-0.05, 0) is 50.8 Å². The van der Waals surface area contributed by atoms with E-state index >= 15 is 0 Å². The number of halogens is 1. The summed E-state index contributed by atoms with van der Waals surface area (Å²) in [4.78, 5) is 25.1. The molecular formula is C18H20FN3O3. The molecule has 1 aromatic heterocycles. The molecule has 132 valence electrons. The van der Waals surface area contributed by atoms with Gasteiger partial charge < -0.3 is 10.0 Å². The predicted octanol–water partition coefficient (Wildman–Crippen LogP) is 2.44. The summed E-state index contributed by atoms with van der Waals surface area (Å²) in [6, 6.07) is 5.11. The van der Waals surface area contributed by atoms with Crippen molar-refractivity contribution < 1.29 is 19.1 Å². The highest BCUT2D eigenvalue weighted by molar-refractivity contribution is 5.96. The number of carboxylic acid groups (broad SMARTS) is 1. The first kappa shape index (κ1) is 17.1. The molecule has 1 N–H and O–H groups in total. The molecule has 0 radical (unpaired) electrons. The predicted molar refractivity (Wildman–Crippen MR) is 89.4 cm³/mol. The second kappa shape index (κ2) is 6.66. The zero-order chi connectivity index (χ0) is 18.1. The Bertz CT molecular complexity index is 831. The van der Waals surface area contributed by atoms with Crippen LogP contribution in [0.3, 0.4) is 0 Å². The van der Waals surface area contributed by atoms with Gasteiger partial charge in [0.2, 0.25) is 0 Å². The van der Waals surface area contributed by atoms with Crippen molar-refractivity contribution in [2.45, 2.75) is 38.6 Å². The van der Waals surface area contributed by atoms with Crippen LogP contribution in [0.5, 0.6) is 0 Å². The number of amides is 1. The molecule has 7 heteroatoms. The maximum Gasteiger partial charge on any atom is 0.326 e. The van der Waals surface area contributed by atoms with Crippen molar-refractivity contribution in [3.8, 4) is 5.69 Å². The van der Waals surface area contributed by atoms with E-state index in [4.69, 9.17) is 5.11 Å². The maximum absolute atomic E-state index is 13.6. The lowest BCUT2D eigenvalue weighted by Gasteiger charge is -2.21. The number of benzene rings is 1. The standard InChI is InChI=1S/C18H20FN3O3/c1-11(18(24)25)21(2)17(23)16-14-8-3-4-9-15(14)22(20-16)13-7-5-6-12(19)10-13/h5-7,10-11H,3-4,8-9H2,1-2H3,(H,24,25). The van der Waals surface area contributed by atoms with E-state index < -0.39 is 17.9 Å². The molecule has 0 bridgehead atoms. The normalized spacial score (nSPS) is 14.7. The van der Waals surface area contributed by atoms with E-state index in [0.29, 0.717) is 12.1 Å². The first-order valence-electron chi connectivity index (χ1n) is 8.27. The van der Waals surface area contributed by atoms with Gasteiger partial charge in [0.1, 0.15) is 11.9 Å². The summed E-state index contributed by atoms with van der Waals surface area (Å²) in [6.07, 6.45) is 3.38. The van der Waals surface area contributed by atoms with Gasteiger partial charge in [-0.15, -0.1) is 0 Å². The molecule has 1 heterocycles. The van der Waals surface area contributed by atoms with Crippen LogP contribution in [0.25, 0.3) is 5.69 Å². The van der Waals surface area contributed by atoms with Gasteiger partial charge in [-0.1, -0.05) is 6.07 Å². The minimum atomic E-state index is -1.07. The number of hydrogen-bond acceptors (Lipinski definition) is 3. The highest BCUT2D eigenvalue weighted by Gasteiger charge is 2.30. The summed E-state index contributed by atoms with van der Waals surface area (Å²) < 4.78 is 15.2. The van der Waals surface area contributed by atoms with Crippen LogP contribution in [0.2, 0.25) is 0 Å². The lowest BCUT2D eigenvalue weighted by Crippen LogP contribution is -2.40. The van der Waals surface area contributed by atoms with E-state index in [9.17, 15) is 14.0 Å². The second-order valence-corrected chi connectivity index (χ2v) is 6.30. The number of hydrogen-bond donors (Lipinski definition) is 1. The Kier molecular flexibility index (Phi) is 4.57. The van der Waals surface area contributed by atoms with Gasteiger partial charge in [0.25, 0.3) is 5.91 Å². The number of carbonyl (C=O) groups is 2. The zero-order valence-corrected chi connectivity index (χ0v) is 14.2. The van der Waals surface area contributed by atoms with Gasteiger partial charge in [-0.3, -0.25) is 4.79 Å². The number of nitrogens with zero attached hydrogens (tertiary/aromatic N) is 3. The Balaban J connectivity index is 2.06. The van der Waals surface area contributed by atoms with E-state index in [1.807, 2.05) is 0 Å². The number of carbonyl (C=O) groups excluding carboxylic acids is 1. The SMILES string of the molecule is CC(C(=O)O)N(C)C(=O)c1nn(-c2cccc(F)c2)c2c1CCCC2. The molecular weight excluding hydrogens is 325 g/mol. The highest BCUT2D eigenvalue weighted by Crippen LogP contribution is 2.28. The fraction of sp³-hybridized carbons (Fsp3) is 0.389. The molecule has 2 aromatic rings. The Labute approximate surface area is 144 Å². The molecule has 1 atom stereocenters. The monoisotopic (exact) mass is 345 g/mol. The molecule has 0 saturated carbocycles. The van der Waals surface area contributed by atoms with Crippen LogP contribution < -0.4 is 0 Å². The Hall–Kier alpha value is -2.70. The maximum atomic E-state index is 13.6. The molecule has 0 fully saturated rings. The highest BCUT2D eigenvalue weighted by atomic mass is 19.1. The molecule has 1 aromatic carbocycles. The average molecular weight is 345 g/mol. The average Bonchev–Trinajstić information content (AvgIpc) is 2.99. The number of carboxylic acids is 1. The number of fused-ring (bicyclic) bond motifs is 1. The number of likely N-dealkylation sites (N-methyl/N-ethyl adjacent to an activating group) is 1. The smallest absolute Gasteiger partial charge is 0.326 e. The molecule has 1 aliphatic rings. The van der Waals surface area contributed by atoms with Crippen molar-refractivity contribution >= 4 is 11.9 Å². The van der Waals surface area contributed by atoms with Gasteiger partial charge in [0.15, 0.2) is 5.69 Å². The molecule has 6 nitrogen and oxygen atoms in total. The third-order valence-corrected chi connectivity index (χ3v) is 4.69. The Morgan fingerprint density at radius 1 is 1.32 bits per heavy atom. The Morgan fingerprint density at radius 3 is 2.72 bits per heavy atom. The van der Waals surface area contributed by atoms with Gasteiger partial charge in [-0.25, -0.2) is 13.9 Å². The van der Waals surface area contributed by atoms with Crippen LogP contribution in [0.4, 0.5) is 4.39 Å². The number of rotatable bonds is 4. The summed E-state index contributed by atoms with van der Waals surface area (Å²) in [6.45, 7) is 1.45. The summed E-state index contributed by atoms with van der Waals surface area (Å²) in [7, 11) is 1.46. The van der Waals surface area contributed by atoms with Gasteiger partial charge in [-0.2, -0.15) is 5.10 Å². The van der Waals surface area contributed by atoms with Crippen molar-refractivity contribution in [3.05, 3.63) is 47.0 Å². The first-order valence-corrected chi connectivity index (χ1v) is 8.27. The quantitative estimate of drug-likeness (QED) is 0.923. The van der Waals surface area contributed by atoms with Crippen LogP contribution in [0.15, 0.2) is 24.3 Å². The second-order valence-electron chi connectivity index (χ2n) is 6.30. The molecule has 3 rings (SSSR count). The van der Waals surface area contributed by atoms with Crippen LogP contribution >= 0.6 is 0 Å². The molecule has 1 unspecified atom stereocenters. The van der Waals surface area contributed by atoms with E-state index in [1.165, 1.54) is 31.0 Å². The third-order valence-electron chi connectivity index (χ3n) is 4.69. The van der Waals surface area contributed by atoms with Gasteiger partial charge >= 0.3 is 5.97 Å². The molecule has 0 saturated heterocycles. The fourth-order valence-corrected chi connectivity index (χ4v) is 3.10. The molecule has 1 amide bonds. The van der Waals surface area contributed by atoms with E-state index in [2.05, 4.69) is 5.10 Å². The largest absolute Gasteiger partial charge is 0.480 e. The summed E-state index contributed by atoms with van der Waals surface area (Å²) in [5.74, 6) is -1.88. The minimum Gasteiger partial charge on any atom is -0.480 e. The van der Waals surface area contributed by atoms with Crippen molar-refractivity contribution in [1.29, 1.82) is 0 Å². The number of aromatic nitrogens is 2. The van der Waals surface area contributed by atoms with Gasteiger partial charge in [0, 0.05) is 18.3 Å². The molecule has 1 aliphatic carbocycles. The fourth-order valence-electron chi connectivity index (χ4n) is 3.10. The summed E-state index contributed by atoms with van der Waals surface area (Å²) >= 11 is 0. The topological polar surface area (TPSA) is 75.4 Å². The molecule has 25 heavy (non-hydrogen) atoms. The summed E-state index contributed by atoms with van der Waals surface area (Å²) in [5, 5.41) is 13.6. The first-order chi connectivity index (χ1) is 11.9. The lowest BCUT2D eigenvalue weighted by molar-refractivity contribution is -0.141. The van der Waals surface area contributed by atoms with Crippen molar-refractivity contribution in [3.63, 3.8) is 0 Å². The van der Waals surface area contributed by atoms with Gasteiger partial charge in [0.05, 0.1) is 5.69 Å². The van der Waals surface area contributed by atoms with E-state index in [0.717, 1.165) is 30.5 Å². The van der Waals surface area contributed by atoms with Crippen LogP contribution in [-0.2, 0) is 17.6 Å². The summed E-state index contributed by atoms with van der Waals surface area (Å²) in [5.41, 5.74) is 2.56. The van der Waals surface area contributed by atoms with E-state index in [1.54, 1.807) is 16.8 Å². The third kappa shape index (κ3) is 3.14. The zero-order valence-electron chi connectivity index (χ0n) is 14.2. The lowest BCUT2D eigenvalue weighted by atomic mass is 9.95. The van der Waals surface area contributed by atoms with Crippen LogP contribution in [0.1, 0.15) is 41.5 Å². The van der Waals surface area contributed by atoms with Crippen molar-refractivity contribution in [2.75, 3.05) is 7.05 Å². The van der Waals surface area contributed by atoms with Crippen LogP contribution in [0, 0.1) is 5.82 Å².